The van der Waals surface area contributed by atoms with Crippen molar-refractivity contribution in [2.75, 3.05) is 13.2 Å². The average molecular weight is 411 g/mol. The highest BCUT2D eigenvalue weighted by Gasteiger charge is 2.15. The second kappa shape index (κ2) is 8.64. The fourth-order valence-electron chi connectivity index (χ4n) is 3.19. The molecule has 154 valence electrons. The van der Waals surface area contributed by atoms with Gasteiger partial charge in [-0.15, -0.1) is 0 Å². The lowest BCUT2D eigenvalue weighted by molar-refractivity contribution is 0.0996. The summed E-state index contributed by atoms with van der Waals surface area (Å²) >= 11 is 1.56. The largest absolute Gasteiger partial charge is 0.380 e. The van der Waals surface area contributed by atoms with Crippen molar-refractivity contribution in [2.24, 2.45) is 4.99 Å². The van der Waals surface area contributed by atoms with Crippen molar-refractivity contribution in [1.29, 1.82) is 0 Å². The lowest BCUT2D eigenvalue weighted by Gasteiger charge is -2.18. The summed E-state index contributed by atoms with van der Waals surface area (Å²) in [5.74, 6) is -0.212. The monoisotopic (exact) mass is 410 g/mol. The minimum Gasteiger partial charge on any atom is -0.380 e. The van der Waals surface area contributed by atoms with E-state index in [4.69, 9.17) is 4.74 Å². The molecule has 0 fully saturated rings. The average Bonchev–Trinajstić information content (AvgIpc) is 2.98. The third kappa shape index (κ3) is 4.85. The minimum absolute atomic E-state index is 0.0578. The molecule has 29 heavy (non-hydrogen) atoms. The van der Waals surface area contributed by atoms with Crippen LogP contribution in [-0.4, -0.2) is 23.7 Å². The Morgan fingerprint density at radius 3 is 2.38 bits per heavy atom. The van der Waals surface area contributed by atoms with E-state index < -0.39 is 0 Å². The zero-order valence-electron chi connectivity index (χ0n) is 18.2. The zero-order chi connectivity index (χ0) is 21.2. The zero-order valence-corrected chi connectivity index (χ0v) is 19.0. The molecule has 3 rings (SSSR count). The van der Waals surface area contributed by atoms with Gasteiger partial charge in [0.2, 0.25) is 0 Å². The molecule has 0 atom stereocenters. The summed E-state index contributed by atoms with van der Waals surface area (Å²) in [4.78, 5) is 18.1. The van der Waals surface area contributed by atoms with Crippen LogP contribution in [0.5, 0.6) is 0 Å². The second-order valence-corrected chi connectivity index (χ2v) is 9.39. The topological polar surface area (TPSA) is 43.6 Å². The number of thiazole rings is 1. The van der Waals surface area contributed by atoms with Crippen molar-refractivity contribution in [3.8, 4) is 0 Å². The van der Waals surface area contributed by atoms with Gasteiger partial charge in [0, 0.05) is 18.7 Å². The first-order valence-electron chi connectivity index (χ1n) is 10.1. The first-order chi connectivity index (χ1) is 13.7. The number of nitrogens with zero attached hydrogens (tertiary/aromatic N) is 2. The molecule has 1 aromatic heterocycles. The molecule has 0 radical (unpaired) electrons. The number of fused-ring (bicyclic) bond motifs is 1. The maximum atomic E-state index is 12.9. The van der Waals surface area contributed by atoms with Crippen LogP contribution < -0.4 is 4.80 Å². The maximum Gasteiger partial charge on any atom is 0.279 e. The smallest absolute Gasteiger partial charge is 0.279 e. The van der Waals surface area contributed by atoms with Gasteiger partial charge in [-0.2, -0.15) is 4.99 Å². The predicted octanol–water partition coefficient (Wildman–Crippen LogP) is 5.39. The molecule has 0 saturated carbocycles. The van der Waals surface area contributed by atoms with Gasteiger partial charge in [0.05, 0.1) is 16.8 Å². The van der Waals surface area contributed by atoms with Crippen LogP contribution in [0.1, 0.15) is 54.7 Å². The Labute approximate surface area is 176 Å². The lowest BCUT2D eigenvalue weighted by atomic mass is 9.87. The lowest BCUT2D eigenvalue weighted by Crippen LogP contribution is -2.20. The summed E-state index contributed by atoms with van der Waals surface area (Å²) in [5, 5.41) is 0. The number of rotatable bonds is 5. The van der Waals surface area contributed by atoms with Crippen LogP contribution in [0.15, 0.2) is 41.4 Å². The number of aromatic nitrogens is 1. The van der Waals surface area contributed by atoms with Gasteiger partial charge in [0.1, 0.15) is 0 Å². The second-order valence-electron chi connectivity index (χ2n) is 8.38. The molecule has 0 aliphatic rings. The van der Waals surface area contributed by atoms with Gasteiger partial charge in [-0.1, -0.05) is 44.2 Å². The Kier molecular flexibility index (Phi) is 6.39. The Balaban J connectivity index is 2.03. The van der Waals surface area contributed by atoms with E-state index in [1.54, 1.807) is 11.3 Å². The van der Waals surface area contributed by atoms with Crippen molar-refractivity contribution in [3.63, 3.8) is 0 Å². The molecule has 0 N–H and O–H groups in total. The van der Waals surface area contributed by atoms with E-state index >= 15 is 0 Å². The summed E-state index contributed by atoms with van der Waals surface area (Å²) in [7, 11) is 0. The standard InChI is InChI=1S/C24H30N2O2S/c1-7-28-13-12-26-20-14-16(2)17(3)15-21(20)29-23(26)25-22(27)18-8-10-19(11-9-18)24(4,5)6/h8-11,14-15H,7,12-13H2,1-6H3. The van der Waals surface area contributed by atoms with E-state index in [9.17, 15) is 4.79 Å². The Bertz CT molecular complexity index is 1080. The number of aryl methyl sites for hydroxylation is 2. The van der Waals surface area contributed by atoms with Crippen molar-refractivity contribution in [2.45, 2.75) is 53.5 Å². The van der Waals surface area contributed by atoms with Gasteiger partial charge in [-0.05, 0) is 67.1 Å². The van der Waals surface area contributed by atoms with Gasteiger partial charge in [-0.25, -0.2) is 0 Å². The molecule has 5 heteroatoms. The molecule has 0 aliphatic carbocycles. The molecule has 3 aromatic rings. The summed E-state index contributed by atoms with van der Waals surface area (Å²) in [6.45, 7) is 14.6. The van der Waals surface area contributed by atoms with Crippen LogP contribution in [0, 0.1) is 13.8 Å². The van der Waals surface area contributed by atoms with Crippen LogP contribution in [0.25, 0.3) is 10.2 Å². The van der Waals surface area contributed by atoms with Crippen molar-refractivity contribution < 1.29 is 9.53 Å². The Morgan fingerprint density at radius 2 is 1.76 bits per heavy atom. The van der Waals surface area contributed by atoms with E-state index in [0.29, 0.717) is 25.3 Å². The van der Waals surface area contributed by atoms with Gasteiger partial charge < -0.3 is 9.30 Å². The molecule has 1 amide bonds. The van der Waals surface area contributed by atoms with Gasteiger partial charge >= 0.3 is 0 Å². The molecule has 2 aromatic carbocycles. The number of benzene rings is 2. The molecule has 1 heterocycles. The molecular formula is C24H30N2O2S. The van der Waals surface area contributed by atoms with Crippen LogP contribution in [0.4, 0.5) is 0 Å². The number of carbonyl (C=O) groups is 1. The Morgan fingerprint density at radius 1 is 1.10 bits per heavy atom. The van der Waals surface area contributed by atoms with Crippen LogP contribution in [0.2, 0.25) is 0 Å². The molecule has 0 aliphatic heterocycles. The van der Waals surface area contributed by atoms with Crippen LogP contribution in [0.3, 0.4) is 0 Å². The van der Waals surface area contributed by atoms with Crippen molar-refractivity contribution in [1.82, 2.24) is 4.57 Å². The van der Waals surface area contributed by atoms with Gasteiger partial charge in [0.15, 0.2) is 4.80 Å². The maximum absolute atomic E-state index is 12.9. The van der Waals surface area contributed by atoms with Crippen molar-refractivity contribution >= 4 is 27.5 Å². The Hall–Kier alpha value is -2.24. The first kappa shape index (κ1) is 21.5. The third-order valence-corrected chi connectivity index (χ3v) is 6.20. The molecule has 4 nitrogen and oxygen atoms in total. The predicted molar refractivity (Wildman–Crippen MR) is 121 cm³/mol. The summed E-state index contributed by atoms with van der Waals surface area (Å²) in [6, 6.07) is 12.1. The number of carbonyl (C=O) groups excluding carboxylic acids is 1. The highest BCUT2D eigenvalue weighted by molar-refractivity contribution is 7.16. The van der Waals surface area contributed by atoms with E-state index in [1.807, 2.05) is 31.2 Å². The molecule has 0 spiro atoms. The SMILES string of the molecule is CCOCCn1c(=NC(=O)c2ccc(C(C)(C)C)cc2)sc2cc(C)c(C)cc21. The number of hydrogen-bond acceptors (Lipinski definition) is 3. The van der Waals surface area contributed by atoms with E-state index in [1.165, 1.54) is 16.7 Å². The van der Waals surface area contributed by atoms with Crippen LogP contribution in [-0.2, 0) is 16.7 Å². The molecule has 0 saturated heterocycles. The quantitative estimate of drug-likeness (QED) is 0.529. The number of amides is 1. The van der Waals surface area contributed by atoms with Crippen molar-refractivity contribution in [3.05, 3.63) is 63.5 Å². The van der Waals surface area contributed by atoms with Crippen LogP contribution >= 0.6 is 11.3 Å². The third-order valence-electron chi connectivity index (χ3n) is 5.16. The summed E-state index contributed by atoms with van der Waals surface area (Å²) < 4.78 is 8.80. The highest BCUT2D eigenvalue weighted by atomic mass is 32.1. The van der Waals surface area contributed by atoms with E-state index in [0.717, 1.165) is 15.0 Å². The fourth-order valence-corrected chi connectivity index (χ4v) is 4.32. The van der Waals surface area contributed by atoms with E-state index in [2.05, 4.69) is 56.3 Å². The molecular weight excluding hydrogens is 380 g/mol. The summed E-state index contributed by atoms with van der Waals surface area (Å²) in [6.07, 6.45) is 0. The van der Waals surface area contributed by atoms with Gasteiger partial charge in [-0.3, -0.25) is 4.79 Å². The van der Waals surface area contributed by atoms with E-state index in [-0.39, 0.29) is 11.3 Å². The minimum atomic E-state index is -0.212. The fraction of sp³-hybridized carbons (Fsp3) is 0.417. The van der Waals surface area contributed by atoms with Gasteiger partial charge in [0.25, 0.3) is 5.91 Å². The molecule has 0 unspecified atom stereocenters. The highest BCUT2D eigenvalue weighted by Crippen LogP contribution is 2.23. The summed E-state index contributed by atoms with van der Waals surface area (Å²) in [5.41, 5.74) is 5.45. The number of hydrogen-bond donors (Lipinski definition) is 0. The normalized spacial score (nSPS) is 12.7. The number of ether oxygens (including phenoxy) is 1. The molecule has 0 bridgehead atoms. The first-order valence-corrected chi connectivity index (χ1v) is 10.9.